The molecule has 1 aliphatic rings. The number of rotatable bonds is 7. The molecule has 0 bridgehead atoms. The highest BCUT2D eigenvalue weighted by Crippen LogP contribution is 2.39. The Bertz CT molecular complexity index is 982. The van der Waals surface area contributed by atoms with Crippen molar-refractivity contribution in [2.75, 3.05) is 26.4 Å². The molecule has 1 amide bonds. The first kappa shape index (κ1) is 22.8. The number of amides is 1. The molecule has 0 N–H and O–H groups in total. The monoisotopic (exact) mass is 494 g/mol. The fourth-order valence-corrected chi connectivity index (χ4v) is 4.40. The minimum absolute atomic E-state index is 0.127. The Hall–Kier alpha value is -1.90. The number of nitrogens with zero attached hydrogens (tertiary/aromatic N) is 2. The highest BCUT2D eigenvalue weighted by molar-refractivity contribution is 9.10. The molecule has 1 aliphatic heterocycles. The third-order valence-corrected chi connectivity index (χ3v) is 7.63. The molecule has 2 aromatic rings. The second-order valence-corrected chi connectivity index (χ2v) is 10.7. The van der Waals surface area contributed by atoms with Crippen molar-refractivity contribution in [3.05, 3.63) is 70.2 Å². The topological polar surface area (TPSA) is 66.9 Å². The second-order valence-electron chi connectivity index (χ2n) is 7.73. The summed E-state index contributed by atoms with van der Waals surface area (Å²) in [4.78, 5) is 14.8. The molecular weight excluding hydrogens is 468 g/mol. The second kappa shape index (κ2) is 9.08. The van der Waals surface area contributed by atoms with Gasteiger partial charge in [-0.3, -0.25) is 0 Å². The molecule has 0 aromatic heterocycles. The quantitative estimate of drug-likeness (QED) is 0.566. The lowest BCUT2D eigenvalue weighted by Gasteiger charge is -2.44. The Morgan fingerprint density at radius 1 is 1.17 bits per heavy atom. The predicted molar refractivity (Wildman–Crippen MR) is 121 cm³/mol. The van der Waals surface area contributed by atoms with Crippen LogP contribution in [0.5, 0.6) is 0 Å². The number of ether oxygens (including phenoxy) is 1. The first-order valence-electron chi connectivity index (χ1n) is 9.84. The molecule has 8 heteroatoms. The number of sulfonamides is 1. The summed E-state index contributed by atoms with van der Waals surface area (Å²) in [5, 5.41) is 0. The van der Waals surface area contributed by atoms with Gasteiger partial charge in [-0.1, -0.05) is 58.4 Å². The minimum Gasteiger partial charge on any atom is -0.438 e. The smallest absolute Gasteiger partial charge is 0.411 e. The van der Waals surface area contributed by atoms with E-state index in [0.29, 0.717) is 19.4 Å². The average molecular weight is 495 g/mol. The van der Waals surface area contributed by atoms with E-state index in [1.54, 1.807) is 11.9 Å². The Kier molecular flexibility index (Phi) is 6.89. The largest absolute Gasteiger partial charge is 0.438 e. The van der Waals surface area contributed by atoms with E-state index in [0.717, 1.165) is 15.6 Å². The van der Waals surface area contributed by atoms with E-state index in [4.69, 9.17) is 4.74 Å². The van der Waals surface area contributed by atoms with Crippen LogP contribution >= 0.6 is 15.9 Å². The summed E-state index contributed by atoms with van der Waals surface area (Å²) in [6, 6.07) is 17.3. The fraction of sp³-hybridized carbons (Fsp3) is 0.409. The summed E-state index contributed by atoms with van der Waals surface area (Å²) < 4.78 is 32.0. The average Bonchev–Trinajstić information content (AvgIpc) is 2.72. The molecule has 0 aliphatic carbocycles. The number of hydrogen-bond donors (Lipinski definition) is 0. The van der Waals surface area contributed by atoms with Crippen LogP contribution in [0.15, 0.2) is 59.1 Å². The zero-order chi connectivity index (χ0) is 21.9. The van der Waals surface area contributed by atoms with Gasteiger partial charge in [0.15, 0.2) is 0 Å². The van der Waals surface area contributed by atoms with Crippen molar-refractivity contribution < 1.29 is 17.9 Å². The minimum atomic E-state index is -3.31. The molecule has 1 saturated heterocycles. The Morgan fingerprint density at radius 3 is 2.37 bits per heavy atom. The predicted octanol–water partition coefficient (Wildman–Crippen LogP) is 4.53. The highest BCUT2D eigenvalue weighted by atomic mass is 79.9. The number of carbonyl (C=O) groups is 1. The number of hydrogen-bond acceptors (Lipinski definition) is 4. The number of halogens is 1. The molecule has 0 spiro atoms. The molecular formula is C22H27BrN2O4S. The van der Waals surface area contributed by atoms with E-state index in [1.165, 1.54) is 10.6 Å². The van der Waals surface area contributed by atoms with Crippen LogP contribution in [-0.2, 0) is 20.4 Å². The SMILES string of the molecule is C[C@@H](c1ccc(Br)cc1)N1CC[C@](CCN(C)S(C)(=O)=O)(c2ccccc2)OC1=O. The molecule has 2 atom stereocenters. The first-order chi connectivity index (χ1) is 14.1. The fourth-order valence-electron chi connectivity index (χ4n) is 3.71. The third kappa shape index (κ3) is 5.04. The van der Waals surface area contributed by atoms with Gasteiger partial charge in [0.2, 0.25) is 10.0 Å². The van der Waals surface area contributed by atoms with Crippen molar-refractivity contribution in [3.63, 3.8) is 0 Å². The van der Waals surface area contributed by atoms with Gasteiger partial charge in [-0.2, -0.15) is 0 Å². The maximum absolute atomic E-state index is 13.1. The molecule has 1 heterocycles. The lowest BCUT2D eigenvalue weighted by atomic mass is 9.85. The maximum atomic E-state index is 13.1. The number of benzene rings is 2. The Balaban J connectivity index is 1.82. The maximum Gasteiger partial charge on any atom is 0.411 e. The Morgan fingerprint density at radius 2 is 1.80 bits per heavy atom. The molecule has 0 unspecified atom stereocenters. The van der Waals surface area contributed by atoms with Crippen LogP contribution in [0.25, 0.3) is 0 Å². The van der Waals surface area contributed by atoms with Crippen molar-refractivity contribution in [2.45, 2.75) is 31.4 Å². The van der Waals surface area contributed by atoms with Crippen molar-refractivity contribution in [3.8, 4) is 0 Å². The van der Waals surface area contributed by atoms with Gasteiger partial charge in [0.25, 0.3) is 0 Å². The van der Waals surface area contributed by atoms with E-state index in [2.05, 4.69) is 15.9 Å². The van der Waals surface area contributed by atoms with Crippen molar-refractivity contribution in [1.82, 2.24) is 9.21 Å². The normalized spacial score (nSPS) is 20.8. The molecule has 2 aromatic carbocycles. The van der Waals surface area contributed by atoms with Crippen LogP contribution in [0.4, 0.5) is 4.79 Å². The van der Waals surface area contributed by atoms with Gasteiger partial charge in [-0.15, -0.1) is 0 Å². The van der Waals surface area contributed by atoms with Crippen molar-refractivity contribution in [1.29, 1.82) is 0 Å². The van der Waals surface area contributed by atoms with Gasteiger partial charge in [-0.25, -0.2) is 17.5 Å². The van der Waals surface area contributed by atoms with Gasteiger partial charge < -0.3 is 9.64 Å². The summed E-state index contributed by atoms with van der Waals surface area (Å²) >= 11 is 3.43. The first-order valence-corrected chi connectivity index (χ1v) is 12.5. The summed E-state index contributed by atoms with van der Waals surface area (Å²) in [7, 11) is -1.77. The zero-order valence-corrected chi connectivity index (χ0v) is 19.8. The third-order valence-electron chi connectivity index (χ3n) is 5.79. The van der Waals surface area contributed by atoms with Gasteiger partial charge >= 0.3 is 6.09 Å². The highest BCUT2D eigenvalue weighted by Gasteiger charge is 2.43. The molecule has 162 valence electrons. The summed E-state index contributed by atoms with van der Waals surface area (Å²) in [6.07, 6.45) is 1.77. The van der Waals surface area contributed by atoms with Crippen LogP contribution in [0.1, 0.15) is 36.9 Å². The Labute approximate surface area is 187 Å². The lowest BCUT2D eigenvalue weighted by molar-refractivity contribution is -0.0666. The van der Waals surface area contributed by atoms with Gasteiger partial charge in [0.05, 0.1) is 12.3 Å². The van der Waals surface area contributed by atoms with Crippen LogP contribution in [0.3, 0.4) is 0 Å². The lowest BCUT2D eigenvalue weighted by Crippen LogP contribution is -2.49. The zero-order valence-electron chi connectivity index (χ0n) is 17.4. The van der Waals surface area contributed by atoms with E-state index in [1.807, 2.05) is 61.5 Å². The van der Waals surface area contributed by atoms with Crippen LogP contribution in [-0.4, -0.2) is 50.1 Å². The molecule has 0 saturated carbocycles. The van der Waals surface area contributed by atoms with Gasteiger partial charge in [0.1, 0.15) is 5.60 Å². The van der Waals surface area contributed by atoms with E-state index in [9.17, 15) is 13.2 Å². The van der Waals surface area contributed by atoms with Gasteiger partial charge in [-0.05, 0) is 30.2 Å². The molecule has 0 radical (unpaired) electrons. The molecule has 6 nitrogen and oxygen atoms in total. The molecule has 30 heavy (non-hydrogen) atoms. The van der Waals surface area contributed by atoms with E-state index < -0.39 is 15.6 Å². The summed E-state index contributed by atoms with van der Waals surface area (Å²) in [6.45, 7) is 2.77. The van der Waals surface area contributed by atoms with Crippen LogP contribution in [0.2, 0.25) is 0 Å². The summed E-state index contributed by atoms with van der Waals surface area (Å²) in [5.74, 6) is 0. The van der Waals surface area contributed by atoms with Crippen LogP contribution in [0, 0.1) is 0 Å². The van der Waals surface area contributed by atoms with E-state index in [-0.39, 0.29) is 18.7 Å². The van der Waals surface area contributed by atoms with E-state index >= 15 is 0 Å². The molecule has 3 rings (SSSR count). The summed E-state index contributed by atoms with van der Waals surface area (Å²) in [5.41, 5.74) is 1.06. The van der Waals surface area contributed by atoms with Crippen LogP contribution < -0.4 is 0 Å². The number of cyclic esters (lactones) is 1. The number of carbonyl (C=O) groups excluding carboxylic acids is 1. The van der Waals surface area contributed by atoms with Crippen molar-refractivity contribution >= 4 is 32.0 Å². The standard InChI is InChI=1S/C22H27BrN2O4S/c1-17(18-9-11-20(23)12-10-18)25-16-14-22(29-21(25)26,19-7-5-4-6-8-19)13-15-24(2)30(3,27)28/h4-12,17H,13-16H2,1-3H3/t17-,22+/m0/s1. The van der Waals surface area contributed by atoms with Gasteiger partial charge in [0, 0.05) is 37.5 Å². The van der Waals surface area contributed by atoms with Crippen molar-refractivity contribution in [2.24, 2.45) is 0 Å². The molecule has 1 fully saturated rings.